The summed E-state index contributed by atoms with van der Waals surface area (Å²) in [4.78, 5) is 9.94. The van der Waals surface area contributed by atoms with Crippen LogP contribution in [0.1, 0.15) is 44.7 Å². The van der Waals surface area contributed by atoms with E-state index in [1.165, 1.54) is 24.0 Å². The molecular formula is C23H40IN5O. The molecule has 0 spiro atoms. The lowest BCUT2D eigenvalue weighted by molar-refractivity contribution is 0.0341. The highest BCUT2D eigenvalue weighted by molar-refractivity contribution is 14.0. The van der Waals surface area contributed by atoms with E-state index < -0.39 is 0 Å². The fourth-order valence-electron chi connectivity index (χ4n) is 3.94. The highest BCUT2D eigenvalue weighted by Crippen LogP contribution is 2.27. The molecule has 170 valence electrons. The smallest absolute Gasteiger partial charge is 0.191 e. The van der Waals surface area contributed by atoms with Crippen molar-refractivity contribution in [2.45, 2.75) is 58.8 Å². The van der Waals surface area contributed by atoms with Crippen molar-refractivity contribution in [3.05, 3.63) is 35.4 Å². The fourth-order valence-corrected chi connectivity index (χ4v) is 3.94. The van der Waals surface area contributed by atoms with E-state index in [9.17, 15) is 0 Å². The Morgan fingerprint density at radius 2 is 1.87 bits per heavy atom. The first-order valence-corrected chi connectivity index (χ1v) is 11.3. The summed E-state index contributed by atoms with van der Waals surface area (Å²) in [5.41, 5.74) is 2.67. The zero-order chi connectivity index (χ0) is 20.5. The lowest BCUT2D eigenvalue weighted by atomic mass is 10.1. The van der Waals surface area contributed by atoms with Crippen LogP contribution in [0.25, 0.3) is 0 Å². The quantitative estimate of drug-likeness (QED) is 0.277. The number of benzene rings is 1. The minimum atomic E-state index is 0. The van der Waals surface area contributed by atoms with Gasteiger partial charge >= 0.3 is 0 Å². The van der Waals surface area contributed by atoms with Gasteiger partial charge in [0.05, 0.1) is 19.8 Å². The van der Waals surface area contributed by atoms with Gasteiger partial charge in [0.15, 0.2) is 5.96 Å². The maximum atomic E-state index is 5.48. The first-order valence-electron chi connectivity index (χ1n) is 11.3. The lowest BCUT2D eigenvalue weighted by Gasteiger charge is -2.27. The Labute approximate surface area is 199 Å². The van der Waals surface area contributed by atoms with E-state index in [0.29, 0.717) is 12.6 Å². The molecule has 0 radical (unpaired) electrons. The molecular weight excluding hydrogens is 489 g/mol. The molecule has 1 aliphatic heterocycles. The fraction of sp³-hybridized carbons (Fsp3) is 0.696. The van der Waals surface area contributed by atoms with E-state index >= 15 is 0 Å². The van der Waals surface area contributed by atoms with Gasteiger partial charge in [-0.25, -0.2) is 4.99 Å². The third-order valence-electron chi connectivity index (χ3n) is 5.71. The minimum absolute atomic E-state index is 0. The monoisotopic (exact) mass is 529 g/mol. The Kier molecular flexibility index (Phi) is 11.4. The number of rotatable bonds is 10. The summed E-state index contributed by atoms with van der Waals surface area (Å²) in [7, 11) is 0. The zero-order valence-electron chi connectivity index (χ0n) is 18.9. The summed E-state index contributed by atoms with van der Waals surface area (Å²) in [5.74, 6) is 0.910. The second-order valence-corrected chi connectivity index (χ2v) is 8.34. The van der Waals surface area contributed by atoms with Crippen LogP contribution in [0.3, 0.4) is 0 Å². The standard InChI is InChI=1S/C23H39N5O.HI/c1-4-24-23(25-11-12-28(19(2)3)22-9-10-22)26-17-20-7-5-6-8-21(20)18-27-13-15-29-16-14-27;/h5-8,19,22H,4,9-18H2,1-3H3,(H2,24,25,26);1H. The van der Waals surface area contributed by atoms with Crippen LogP contribution in [0.15, 0.2) is 29.3 Å². The van der Waals surface area contributed by atoms with E-state index in [-0.39, 0.29) is 24.0 Å². The topological polar surface area (TPSA) is 52.1 Å². The number of aliphatic imine (C=N–C) groups is 1. The number of hydrogen-bond acceptors (Lipinski definition) is 4. The second-order valence-electron chi connectivity index (χ2n) is 8.34. The average Bonchev–Trinajstić information content (AvgIpc) is 3.56. The molecule has 1 saturated heterocycles. The molecule has 2 aliphatic rings. The number of ether oxygens (including phenoxy) is 1. The molecule has 1 saturated carbocycles. The summed E-state index contributed by atoms with van der Waals surface area (Å²) in [6.45, 7) is 14.9. The van der Waals surface area contributed by atoms with Crippen LogP contribution >= 0.6 is 24.0 Å². The first-order chi connectivity index (χ1) is 14.2. The molecule has 3 rings (SSSR count). The van der Waals surface area contributed by atoms with Gasteiger partial charge in [0.25, 0.3) is 0 Å². The minimum Gasteiger partial charge on any atom is -0.379 e. The molecule has 1 aliphatic carbocycles. The van der Waals surface area contributed by atoms with E-state index in [1.807, 2.05) is 0 Å². The van der Waals surface area contributed by atoms with E-state index in [1.54, 1.807) is 0 Å². The van der Waals surface area contributed by atoms with Crippen molar-refractivity contribution in [3.63, 3.8) is 0 Å². The summed E-state index contributed by atoms with van der Waals surface area (Å²) < 4.78 is 5.48. The second kappa shape index (κ2) is 13.5. The number of nitrogens with one attached hydrogen (secondary N) is 2. The van der Waals surface area contributed by atoms with Crippen LogP contribution in [-0.4, -0.2) is 73.8 Å². The average molecular weight is 530 g/mol. The Morgan fingerprint density at radius 1 is 1.17 bits per heavy atom. The highest BCUT2D eigenvalue weighted by Gasteiger charge is 2.30. The number of halogens is 1. The van der Waals surface area contributed by atoms with Crippen LogP contribution in [-0.2, 0) is 17.8 Å². The zero-order valence-corrected chi connectivity index (χ0v) is 21.2. The number of guanidine groups is 1. The van der Waals surface area contributed by atoms with Gasteiger partial charge in [-0.2, -0.15) is 0 Å². The van der Waals surface area contributed by atoms with E-state index in [4.69, 9.17) is 9.73 Å². The predicted molar refractivity (Wildman–Crippen MR) is 136 cm³/mol. The van der Waals surface area contributed by atoms with Crippen LogP contribution in [0, 0.1) is 0 Å². The maximum Gasteiger partial charge on any atom is 0.191 e. The van der Waals surface area contributed by atoms with Crippen molar-refractivity contribution in [3.8, 4) is 0 Å². The first kappa shape index (κ1) is 25.4. The number of nitrogens with zero attached hydrogens (tertiary/aromatic N) is 3. The van der Waals surface area contributed by atoms with Crippen molar-refractivity contribution in [1.82, 2.24) is 20.4 Å². The summed E-state index contributed by atoms with van der Waals surface area (Å²) in [5, 5.41) is 6.92. The third-order valence-corrected chi connectivity index (χ3v) is 5.71. The van der Waals surface area contributed by atoms with E-state index in [0.717, 1.165) is 64.5 Å². The molecule has 6 nitrogen and oxygen atoms in total. The molecule has 1 aromatic rings. The van der Waals surface area contributed by atoms with Gasteiger partial charge in [-0.3, -0.25) is 9.80 Å². The van der Waals surface area contributed by atoms with Crippen molar-refractivity contribution >= 4 is 29.9 Å². The number of hydrogen-bond donors (Lipinski definition) is 2. The molecule has 7 heteroatoms. The van der Waals surface area contributed by atoms with Gasteiger partial charge in [-0.15, -0.1) is 24.0 Å². The third kappa shape index (κ3) is 8.32. The van der Waals surface area contributed by atoms with Crippen molar-refractivity contribution in [2.24, 2.45) is 4.99 Å². The highest BCUT2D eigenvalue weighted by atomic mass is 127. The molecule has 0 aromatic heterocycles. The SMILES string of the molecule is CCNC(=NCc1ccccc1CN1CCOCC1)NCCN(C(C)C)C1CC1.I. The Morgan fingerprint density at radius 3 is 2.50 bits per heavy atom. The normalized spacial score (nSPS) is 17.8. The van der Waals surface area contributed by atoms with Crippen LogP contribution in [0.5, 0.6) is 0 Å². The summed E-state index contributed by atoms with van der Waals surface area (Å²) in [6, 6.07) is 10.1. The molecule has 30 heavy (non-hydrogen) atoms. The Balaban J connectivity index is 0.00000320. The molecule has 0 bridgehead atoms. The van der Waals surface area contributed by atoms with Gasteiger partial charge in [0, 0.05) is 51.4 Å². The van der Waals surface area contributed by atoms with Crippen LogP contribution < -0.4 is 10.6 Å². The molecule has 0 amide bonds. The summed E-state index contributed by atoms with van der Waals surface area (Å²) in [6.07, 6.45) is 2.71. The van der Waals surface area contributed by atoms with Crippen molar-refractivity contribution < 1.29 is 4.74 Å². The number of morpholine rings is 1. The predicted octanol–water partition coefficient (Wildman–Crippen LogP) is 3.06. The van der Waals surface area contributed by atoms with Crippen LogP contribution in [0.4, 0.5) is 0 Å². The Hall–Kier alpha value is -0.900. The van der Waals surface area contributed by atoms with Crippen LogP contribution in [0.2, 0.25) is 0 Å². The van der Waals surface area contributed by atoms with Gasteiger partial charge < -0.3 is 15.4 Å². The molecule has 1 heterocycles. The van der Waals surface area contributed by atoms with Gasteiger partial charge in [0.2, 0.25) is 0 Å². The van der Waals surface area contributed by atoms with E-state index in [2.05, 4.69) is 65.5 Å². The molecule has 1 aromatic carbocycles. The van der Waals surface area contributed by atoms with Gasteiger partial charge in [0.1, 0.15) is 0 Å². The Bertz CT molecular complexity index is 642. The van der Waals surface area contributed by atoms with Crippen molar-refractivity contribution in [2.75, 3.05) is 45.9 Å². The van der Waals surface area contributed by atoms with Gasteiger partial charge in [-0.05, 0) is 44.7 Å². The molecule has 0 atom stereocenters. The maximum absolute atomic E-state index is 5.48. The lowest BCUT2D eigenvalue weighted by Crippen LogP contribution is -2.43. The molecule has 2 fully saturated rings. The molecule has 2 N–H and O–H groups in total. The van der Waals surface area contributed by atoms with Gasteiger partial charge in [-0.1, -0.05) is 24.3 Å². The largest absolute Gasteiger partial charge is 0.379 e. The van der Waals surface area contributed by atoms with Crippen molar-refractivity contribution in [1.29, 1.82) is 0 Å². The summed E-state index contributed by atoms with van der Waals surface area (Å²) >= 11 is 0. The molecule has 0 unspecified atom stereocenters.